The molecule has 0 spiro atoms. The Bertz CT molecular complexity index is 525. The van der Waals surface area contributed by atoms with E-state index in [9.17, 15) is 9.59 Å². The molecule has 0 aromatic heterocycles. The molecule has 1 saturated carbocycles. The Morgan fingerprint density at radius 3 is 2.24 bits per heavy atom. The predicted molar refractivity (Wildman–Crippen MR) is 81.0 cm³/mol. The zero-order valence-electron chi connectivity index (χ0n) is 12.7. The van der Waals surface area contributed by atoms with Crippen LogP contribution in [-0.4, -0.2) is 18.1 Å². The van der Waals surface area contributed by atoms with E-state index in [0.717, 1.165) is 5.69 Å². The standard InChI is InChI=1S/C16H22N2O3/c1-16(2,3)11-4-6-12(7-5-11)18-14(19)10-8-13(9-10)21-15(17)20/h4-7,10,13H,8-9H2,1-3H3,(H2,17,20)(H,18,19). The average molecular weight is 290 g/mol. The first-order chi connectivity index (χ1) is 9.75. The molecule has 114 valence electrons. The second kappa shape index (κ2) is 5.76. The fourth-order valence-corrected chi connectivity index (χ4v) is 2.34. The van der Waals surface area contributed by atoms with Gasteiger partial charge in [0.2, 0.25) is 5.91 Å². The molecule has 0 saturated heterocycles. The summed E-state index contributed by atoms with van der Waals surface area (Å²) in [6, 6.07) is 7.87. The molecule has 0 aliphatic heterocycles. The first kappa shape index (κ1) is 15.4. The maximum absolute atomic E-state index is 12.0. The van der Waals surface area contributed by atoms with Crippen molar-refractivity contribution in [2.75, 3.05) is 5.32 Å². The summed E-state index contributed by atoms with van der Waals surface area (Å²) >= 11 is 0. The molecule has 1 aliphatic carbocycles. The molecule has 1 aliphatic rings. The molecule has 5 heteroatoms. The van der Waals surface area contributed by atoms with E-state index in [1.165, 1.54) is 5.56 Å². The van der Waals surface area contributed by atoms with E-state index in [-0.39, 0.29) is 23.3 Å². The highest BCUT2D eigenvalue weighted by atomic mass is 16.6. The Morgan fingerprint density at radius 1 is 1.19 bits per heavy atom. The van der Waals surface area contributed by atoms with Gasteiger partial charge in [0.25, 0.3) is 0 Å². The molecule has 5 nitrogen and oxygen atoms in total. The zero-order valence-corrected chi connectivity index (χ0v) is 12.7. The lowest BCUT2D eigenvalue weighted by Gasteiger charge is -2.32. The smallest absolute Gasteiger partial charge is 0.404 e. The Balaban J connectivity index is 1.85. The van der Waals surface area contributed by atoms with Gasteiger partial charge >= 0.3 is 6.09 Å². The number of nitrogens with one attached hydrogen (secondary N) is 1. The molecule has 1 fully saturated rings. The van der Waals surface area contributed by atoms with Gasteiger partial charge in [0.15, 0.2) is 0 Å². The number of benzene rings is 1. The molecule has 2 amide bonds. The third-order valence-corrected chi connectivity index (χ3v) is 3.77. The number of anilines is 1. The summed E-state index contributed by atoms with van der Waals surface area (Å²) in [7, 11) is 0. The van der Waals surface area contributed by atoms with Gasteiger partial charge in [0, 0.05) is 11.6 Å². The summed E-state index contributed by atoms with van der Waals surface area (Å²) in [4.78, 5) is 22.6. The zero-order chi connectivity index (χ0) is 15.6. The second-order valence-electron chi connectivity index (χ2n) is 6.54. The number of hydrogen-bond acceptors (Lipinski definition) is 3. The van der Waals surface area contributed by atoms with Crippen molar-refractivity contribution >= 4 is 17.7 Å². The van der Waals surface area contributed by atoms with Crippen LogP contribution < -0.4 is 11.1 Å². The molecule has 0 radical (unpaired) electrons. The van der Waals surface area contributed by atoms with E-state index in [0.29, 0.717) is 12.8 Å². The van der Waals surface area contributed by atoms with Crippen molar-refractivity contribution in [3.8, 4) is 0 Å². The molecule has 0 unspecified atom stereocenters. The Labute approximate surface area is 124 Å². The molecule has 1 aromatic rings. The van der Waals surface area contributed by atoms with Crippen molar-refractivity contribution in [3.63, 3.8) is 0 Å². The molecule has 0 atom stereocenters. The minimum atomic E-state index is -0.781. The van der Waals surface area contributed by atoms with Crippen LogP contribution in [0.3, 0.4) is 0 Å². The summed E-state index contributed by atoms with van der Waals surface area (Å²) in [5, 5.41) is 2.89. The van der Waals surface area contributed by atoms with E-state index in [1.807, 2.05) is 24.3 Å². The van der Waals surface area contributed by atoms with Crippen molar-refractivity contribution in [2.24, 2.45) is 11.7 Å². The highest BCUT2D eigenvalue weighted by Gasteiger charge is 2.36. The maximum Gasteiger partial charge on any atom is 0.404 e. The minimum Gasteiger partial charge on any atom is -0.446 e. The number of rotatable bonds is 3. The van der Waals surface area contributed by atoms with Gasteiger partial charge in [-0.3, -0.25) is 4.79 Å². The number of nitrogens with two attached hydrogens (primary N) is 1. The van der Waals surface area contributed by atoms with Gasteiger partial charge in [-0.2, -0.15) is 0 Å². The number of amides is 2. The van der Waals surface area contributed by atoms with Crippen LogP contribution in [0.5, 0.6) is 0 Å². The van der Waals surface area contributed by atoms with Crippen molar-refractivity contribution < 1.29 is 14.3 Å². The van der Waals surface area contributed by atoms with Gasteiger partial charge in [-0.1, -0.05) is 32.9 Å². The molecule has 0 heterocycles. The van der Waals surface area contributed by atoms with Crippen LogP contribution in [0.2, 0.25) is 0 Å². The molecule has 3 N–H and O–H groups in total. The van der Waals surface area contributed by atoms with Crippen LogP contribution >= 0.6 is 0 Å². The van der Waals surface area contributed by atoms with E-state index < -0.39 is 6.09 Å². The summed E-state index contributed by atoms with van der Waals surface area (Å²) in [6.45, 7) is 6.44. The Hall–Kier alpha value is -2.04. The quantitative estimate of drug-likeness (QED) is 0.898. The number of ether oxygens (including phenoxy) is 1. The number of carbonyl (C=O) groups is 2. The van der Waals surface area contributed by atoms with E-state index in [4.69, 9.17) is 10.5 Å². The van der Waals surface area contributed by atoms with Crippen LogP contribution in [0.1, 0.15) is 39.2 Å². The molecule has 1 aromatic carbocycles. The first-order valence-corrected chi connectivity index (χ1v) is 7.13. The molecule has 2 rings (SSSR count). The predicted octanol–water partition coefficient (Wildman–Crippen LogP) is 2.80. The molecular formula is C16H22N2O3. The van der Waals surface area contributed by atoms with Crippen LogP contribution in [0, 0.1) is 5.92 Å². The summed E-state index contributed by atoms with van der Waals surface area (Å²) < 4.78 is 4.83. The third-order valence-electron chi connectivity index (χ3n) is 3.77. The molecule has 0 bridgehead atoms. The van der Waals surface area contributed by atoms with Crippen LogP contribution in [0.25, 0.3) is 0 Å². The van der Waals surface area contributed by atoms with Crippen molar-refractivity contribution in [1.29, 1.82) is 0 Å². The SMILES string of the molecule is CC(C)(C)c1ccc(NC(=O)C2CC(OC(N)=O)C2)cc1. The van der Waals surface area contributed by atoms with E-state index in [1.54, 1.807) is 0 Å². The van der Waals surface area contributed by atoms with Gasteiger partial charge in [0.05, 0.1) is 0 Å². The summed E-state index contributed by atoms with van der Waals surface area (Å²) in [5.41, 5.74) is 7.03. The lowest BCUT2D eigenvalue weighted by molar-refractivity contribution is -0.126. The van der Waals surface area contributed by atoms with Gasteiger partial charge in [-0.05, 0) is 36.0 Å². The van der Waals surface area contributed by atoms with Crippen molar-refractivity contribution in [3.05, 3.63) is 29.8 Å². The summed E-state index contributed by atoms with van der Waals surface area (Å²) in [5.74, 6) is -0.153. The number of primary amides is 1. The minimum absolute atomic E-state index is 0.0390. The van der Waals surface area contributed by atoms with Crippen LogP contribution in [-0.2, 0) is 14.9 Å². The van der Waals surface area contributed by atoms with Gasteiger partial charge in [-0.25, -0.2) is 4.79 Å². The van der Waals surface area contributed by atoms with E-state index in [2.05, 4.69) is 26.1 Å². The fraction of sp³-hybridized carbons (Fsp3) is 0.500. The molecular weight excluding hydrogens is 268 g/mol. The van der Waals surface area contributed by atoms with E-state index >= 15 is 0 Å². The molecule has 21 heavy (non-hydrogen) atoms. The monoisotopic (exact) mass is 290 g/mol. The highest BCUT2D eigenvalue weighted by molar-refractivity contribution is 5.93. The highest BCUT2D eigenvalue weighted by Crippen LogP contribution is 2.31. The lowest BCUT2D eigenvalue weighted by Crippen LogP contribution is -2.41. The Morgan fingerprint density at radius 2 is 1.76 bits per heavy atom. The first-order valence-electron chi connectivity index (χ1n) is 7.13. The third kappa shape index (κ3) is 3.97. The summed E-state index contributed by atoms with van der Waals surface area (Å²) in [6.07, 6.45) is 0.0714. The van der Waals surface area contributed by atoms with Gasteiger partial charge in [0.1, 0.15) is 6.10 Å². The second-order valence-corrected chi connectivity index (χ2v) is 6.54. The van der Waals surface area contributed by atoms with Crippen molar-refractivity contribution in [2.45, 2.75) is 45.1 Å². The normalized spacial score (nSPS) is 21.3. The average Bonchev–Trinajstić information content (AvgIpc) is 2.32. The lowest BCUT2D eigenvalue weighted by atomic mass is 9.81. The number of carbonyl (C=O) groups excluding carboxylic acids is 2. The van der Waals surface area contributed by atoms with Gasteiger partial charge in [-0.15, -0.1) is 0 Å². The number of hydrogen-bond donors (Lipinski definition) is 2. The maximum atomic E-state index is 12.0. The van der Waals surface area contributed by atoms with Crippen molar-refractivity contribution in [1.82, 2.24) is 0 Å². The Kier molecular flexibility index (Phi) is 4.21. The largest absolute Gasteiger partial charge is 0.446 e. The van der Waals surface area contributed by atoms with Crippen LogP contribution in [0.4, 0.5) is 10.5 Å². The van der Waals surface area contributed by atoms with Crippen LogP contribution in [0.15, 0.2) is 24.3 Å². The van der Waals surface area contributed by atoms with Gasteiger partial charge < -0.3 is 15.8 Å². The fourth-order valence-electron chi connectivity index (χ4n) is 2.34. The topological polar surface area (TPSA) is 81.4 Å².